The van der Waals surface area contributed by atoms with Crippen LogP contribution in [0.3, 0.4) is 0 Å². The second-order valence-electron chi connectivity index (χ2n) is 4.09. The Bertz CT molecular complexity index is 342. The summed E-state index contributed by atoms with van der Waals surface area (Å²) in [4.78, 5) is 22.3. The zero-order valence-corrected chi connectivity index (χ0v) is 10.4. The van der Waals surface area contributed by atoms with Crippen molar-refractivity contribution >= 4 is 17.5 Å². The molecule has 0 saturated heterocycles. The third-order valence-corrected chi connectivity index (χ3v) is 1.73. The molecule has 0 heterocycles. The summed E-state index contributed by atoms with van der Waals surface area (Å²) in [6.07, 6.45) is -0.101. The maximum atomic E-state index is 11.4. The first-order valence-electron chi connectivity index (χ1n) is 5.41. The molecule has 0 aliphatic carbocycles. The molecule has 0 spiro atoms. The molecule has 2 amide bonds. The van der Waals surface area contributed by atoms with Crippen molar-refractivity contribution < 1.29 is 9.59 Å². The fourth-order valence-electron chi connectivity index (χ4n) is 0.921. The molecule has 0 unspecified atom stereocenters. The predicted octanol–water partition coefficient (Wildman–Crippen LogP) is 0.554. The van der Waals surface area contributed by atoms with Crippen LogP contribution in [0.1, 0.15) is 33.6 Å². The Hall–Kier alpha value is -1.90. The number of nitriles is 1. The molecule has 2 N–H and O–H groups in total. The fourth-order valence-corrected chi connectivity index (χ4v) is 0.921. The van der Waals surface area contributed by atoms with E-state index in [2.05, 4.69) is 15.8 Å². The van der Waals surface area contributed by atoms with Gasteiger partial charge in [0.05, 0.1) is 12.5 Å². The summed E-state index contributed by atoms with van der Waals surface area (Å²) < 4.78 is 0. The first-order chi connectivity index (χ1) is 7.95. The normalized spacial score (nSPS) is 10.9. The number of carbonyl (C=O) groups is 2. The molecule has 0 radical (unpaired) electrons. The summed E-state index contributed by atoms with van der Waals surface area (Å²) >= 11 is 0. The number of nitrogens with one attached hydrogen (secondary N) is 2. The van der Waals surface area contributed by atoms with E-state index in [-0.39, 0.29) is 18.7 Å². The largest absolute Gasteiger partial charge is 0.356 e. The third kappa shape index (κ3) is 9.05. The minimum Gasteiger partial charge on any atom is -0.356 e. The van der Waals surface area contributed by atoms with Gasteiger partial charge in [0, 0.05) is 12.3 Å². The topological polar surface area (TPSA) is 94.3 Å². The van der Waals surface area contributed by atoms with Gasteiger partial charge < -0.3 is 5.32 Å². The lowest BCUT2D eigenvalue weighted by atomic mass is 10.2. The van der Waals surface area contributed by atoms with Crippen molar-refractivity contribution in [3.8, 4) is 6.07 Å². The van der Waals surface area contributed by atoms with E-state index in [9.17, 15) is 9.59 Å². The van der Waals surface area contributed by atoms with Gasteiger partial charge in [0.15, 0.2) is 0 Å². The van der Waals surface area contributed by atoms with Crippen molar-refractivity contribution in [1.82, 2.24) is 10.7 Å². The quantitative estimate of drug-likeness (QED) is 0.522. The minimum atomic E-state index is -0.477. The minimum absolute atomic E-state index is 0.130. The van der Waals surface area contributed by atoms with Crippen LogP contribution in [0.25, 0.3) is 0 Å². The maximum Gasteiger partial charge on any atom is 0.254 e. The van der Waals surface area contributed by atoms with Gasteiger partial charge in [0.2, 0.25) is 5.91 Å². The second kappa shape index (κ2) is 8.28. The average molecular weight is 238 g/mol. The first-order valence-corrected chi connectivity index (χ1v) is 5.41. The molecular weight excluding hydrogens is 220 g/mol. The molecule has 6 heteroatoms. The molecule has 0 aliphatic rings. The molecule has 0 aromatic rings. The van der Waals surface area contributed by atoms with Gasteiger partial charge in [0.25, 0.3) is 5.91 Å². The van der Waals surface area contributed by atoms with Crippen molar-refractivity contribution in [3.05, 3.63) is 0 Å². The van der Waals surface area contributed by atoms with Gasteiger partial charge in [0.1, 0.15) is 6.42 Å². The molecule has 0 aromatic carbocycles. The van der Waals surface area contributed by atoms with E-state index >= 15 is 0 Å². The highest BCUT2D eigenvalue weighted by Crippen LogP contribution is 1.90. The molecule has 0 aliphatic heterocycles. The van der Waals surface area contributed by atoms with Gasteiger partial charge in [-0.1, -0.05) is 13.8 Å². The number of hydrazone groups is 1. The van der Waals surface area contributed by atoms with Crippen LogP contribution in [0.4, 0.5) is 0 Å². The number of hydrogen-bond acceptors (Lipinski definition) is 4. The number of hydrogen-bond donors (Lipinski definition) is 2. The third-order valence-electron chi connectivity index (χ3n) is 1.73. The second-order valence-corrected chi connectivity index (χ2v) is 4.09. The van der Waals surface area contributed by atoms with Gasteiger partial charge in [-0.05, 0) is 12.8 Å². The van der Waals surface area contributed by atoms with Crippen molar-refractivity contribution in [2.24, 2.45) is 11.0 Å². The average Bonchev–Trinajstić information content (AvgIpc) is 2.24. The highest BCUT2D eigenvalue weighted by atomic mass is 16.2. The van der Waals surface area contributed by atoms with Gasteiger partial charge in [-0.3, -0.25) is 9.59 Å². The van der Waals surface area contributed by atoms with Gasteiger partial charge in [-0.2, -0.15) is 10.4 Å². The molecule has 0 atom stereocenters. The van der Waals surface area contributed by atoms with Crippen molar-refractivity contribution in [2.75, 3.05) is 6.54 Å². The Labute approximate surface area is 101 Å². The zero-order chi connectivity index (χ0) is 13.3. The molecule has 0 bridgehead atoms. The molecule has 6 nitrogen and oxygen atoms in total. The molecule has 17 heavy (non-hydrogen) atoms. The van der Waals surface area contributed by atoms with Gasteiger partial charge in [-0.15, -0.1) is 0 Å². The summed E-state index contributed by atoms with van der Waals surface area (Å²) in [5.74, 6) is -0.213. The standard InChI is InChI=1S/C11H18N4O2/c1-8(2)7-13-11(17)6-9(3)14-15-10(16)4-5-12/h8H,4,6-7H2,1-3H3,(H,13,17)(H,15,16)/b14-9-. The van der Waals surface area contributed by atoms with Crippen molar-refractivity contribution in [2.45, 2.75) is 33.6 Å². The highest BCUT2D eigenvalue weighted by molar-refractivity contribution is 6.00. The van der Waals surface area contributed by atoms with E-state index in [1.165, 1.54) is 0 Å². The lowest BCUT2D eigenvalue weighted by Crippen LogP contribution is -2.29. The molecular formula is C11H18N4O2. The Kier molecular flexibility index (Phi) is 7.35. The maximum absolute atomic E-state index is 11.4. The molecule has 0 fully saturated rings. The zero-order valence-electron chi connectivity index (χ0n) is 10.4. The number of rotatable bonds is 6. The first kappa shape index (κ1) is 15.1. The lowest BCUT2D eigenvalue weighted by molar-refractivity contribution is -0.121. The summed E-state index contributed by atoms with van der Waals surface area (Å²) in [6, 6.07) is 1.70. The molecule has 94 valence electrons. The number of carbonyl (C=O) groups excluding carboxylic acids is 2. The lowest BCUT2D eigenvalue weighted by Gasteiger charge is -2.07. The highest BCUT2D eigenvalue weighted by Gasteiger charge is 2.05. The fraction of sp³-hybridized carbons (Fsp3) is 0.636. The molecule has 0 rings (SSSR count). The van der Waals surface area contributed by atoms with Crippen LogP contribution in [-0.2, 0) is 9.59 Å². The monoisotopic (exact) mass is 238 g/mol. The Morgan fingerprint density at radius 3 is 2.53 bits per heavy atom. The van der Waals surface area contributed by atoms with Crippen LogP contribution in [0, 0.1) is 17.2 Å². The Morgan fingerprint density at radius 1 is 1.35 bits per heavy atom. The number of nitrogens with zero attached hydrogens (tertiary/aromatic N) is 2. The smallest absolute Gasteiger partial charge is 0.254 e. The SMILES string of the molecule is C/C(CC(=O)NCC(C)C)=N/NC(=O)CC#N. The van der Waals surface area contributed by atoms with Crippen LogP contribution >= 0.6 is 0 Å². The summed E-state index contributed by atoms with van der Waals surface area (Å²) in [5.41, 5.74) is 2.70. The Morgan fingerprint density at radius 2 is 2.00 bits per heavy atom. The van der Waals surface area contributed by atoms with Crippen LogP contribution < -0.4 is 10.7 Å². The van der Waals surface area contributed by atoms with Crippen LogP contribution in [0.15, 0.2) is 5.10 Å². The van der Waals surface area contributed by atoms with Crippen LogP contribution in [-0.4, -0.2) is 24.1 Å². The summed E-state index contributed by atoms with van der Waals surface area (Å²) in [6.45, 7) is 6.27. The van der Waals surface area contributed by atoms with Crippen molar-refractivity contribution in [3.63, 3.8) is 0 Å². The number of amides is 2. The van der Waals surface area contributed by atoms with Crippen LogP contribution in [0.2, 0.25) is 0 Å². The van der Waals surface area contributed by atoms with E-state index in [0.717, 1.165) is 0 Å². The van der Waals surface area contributed by atoms with E-state index in [1.54, 1.807) is 13.0 Å². The predicted molar refractivity (Wildman–Crippen MR) is 63.9 cm³/mol. The van der Waals surface area contributed by atoms with E-state index in [0.29, 0.717) is 18.2 Å². The Balaban J connectivity index is 3.95. The summed E-state index contributed by atoms with van der Waals surface area (Å²) in [7, 11) is 0. The van der Waals surface area contributed by atoms with E-state index in [1.807, 2.05) is 13.8 Å². The van der Waals surface area contributed by atoms with Gasteiger partial charge in [-0.25, -0.2) is 5.43 Å². The molecule has 0 saturated carbocycles. The molecule has 0 aromatic heterocycles. The van der Waals surface area contributed by atoms with Gasteiger partial charge >= 0.3 is 0 Å². The van der Waals surface area contributed by atoms with E-state index in [4.69, 9.17) is 5.26 Å². The van der Waals surface area contributed by atoms with Crippen LogP contribution in [0.5, 0.6) is 0 Å². The van der Waals surface area contributed by atoms with Crippen molar-refractivity contribution in [1.29, 1.82) is 5.26 Å². The summed E-state index contributed by atoms with van der Waals surface area (Å²) in [5, 5.41) is 14.7. The van der Waals surface area contributed by atoms with E-state index < -0.39 is 5.91 Å².